The molecule has 0 aliphatic heterocycles. The Labute approximate surface area is 201 Å². The first-order chi connectivity index (χ1) is 16.6. The summed E-state index contributed by atoms with van der Waals surface area (Å²) in [5.41, 5.74) is 5.04. The van der Waals surface area contributed by atoms with Gasteiger partial charge >= 0.3 is 0 Å². The SMILES string of the molecule is CCOc1ccc(-n2c(SCC(=O)N/N=C/c3ccc(O)cc3)nnc2-c2ccccc2)cc1. The van der Waals surface area contributed by atoms with Crippen molar-refractivity contribution in [2.24, 2.45) is 5.10 Å². The molecular formula is C25H23N5O3S. The van der Waals surface area contributed by atoms with Crippen molar-refractivity contribution in [3.8, 4) is 28.6 Å². The maximum Gasteiger partial charge on any atom is 0.250 e. The van der Waals surface area contributed by atoms with E-state index in [9.17, 15) is 9.90 Å². The zero-order valence-electron chi connectivity index (χ0n) is 18.5. The maximum absolute atomic E-state index is 12.3. The van der Waals surface area contributed by atoms with Gasteiger partial charge in [0.1, 0.15) is 11.5 Å². The molecule has 0 saturated carbocycles. The van der Waals surface area contributed by atoms with Crippen molar-refractivity contribution in [1.29, 1.82) is 0 Å². The Bertz CT molecular complexity index is 1260. The van der Waals surface area contributed by atoms with E-state index in [0.717, 1.165) is 22.6 Å². The summed E-state index contributed by atoms with van der Waals surface area (Å²) in [7, 11) is 0. The van der Waals surface area contributed by atoms with Crippen LogP contribution >= 0.6 is 11.8 Å². The van der Waals surface area contributed by atoms with Gasteiger partial charge in [0.15, 0.2) is 11.0 Å². The first-order valence-corrected chi connectivity index (χ1v) is 11.6. The second kappa shape index (κ2) is 11.2. The van der Waals surface area contributed by atoms with Crippen molar-refractivity contribution >= 4 is 23.9 Å². The van der Waals surface area contributed by atoms with Gasteiger partial charge in [-0.2, -0.15) is 5.10 Å². The third-order valence-electron chi connectivity index (χ3n) is 4.70. The van der Waals surface area contributed by atoms with Crippen LogP contribution in [0, 0.1) is 0 Å². The number of hydrazone groups is 1. The van der Waals surface area contributed by atoms with Crippen molar-refractivity contribution in [1.82, 2.24) is 20.2 Å². The highest BCUT2D eigenvalue weighted by molar-refractivity contribution is 7.99. The molecule has 0 aliphatic rings. The van der Waals surface area contributed by atoms with Crippen LogP contribution in [0.5, 0.6) is 11.5 Å². The molecule has 4 rings (SSSR count). The van der Waals surface area contributed by atoms with E-state index in [1.807, 2.05) is 66.1 Å². The summed E-state index contributed by atoms with van der Waals surface area (Å²) in [6, 6.07) is 23.9. The fraction of sp³-hybridized carbons (Fsp3) is 0.120. The quantitative estimate of drug-likeness (QED) is 0.214. The Morgan fingerprint density at radius 2 is 1.79 bits per heavy atom. The van der Waals surface area contributed by atoms with Crippen molar-refractivity contribution in [2.75, 3.05) is 12.4 Å². The number of hydrogen-bond acceptors (Lipinski definition) is 7. The highest BCUT2D eigenvalue weighted by atomic mass is 32.2. The van der Waals surface area contributed by atoms with E-state index in [-0.39, 0.29) is 17.4 Å². The van der Waals surface area contributed by atoms with Crippen LogP contribution in [0.1, 0.15) is 12.5 Å². The number of phenolic OH excluding ortho intramolecular Hbond substituents is 1. The number of nitrogens with zero attached hydrogens (tertiary/aromatic N) is 4. The van der Waals surface area contributed by atoms with Crippen LogP contribution in [0.15, 0.2) is 89.1 Å². The molecule has 0 spiro atoms. The van der Waals surface area contributed by atoms with Gasteiger partial charge in [0.05, 0.1) is 18.6 Å². The average Bonchev–Trinajstić information content (AvgIpc) is 3.29. The van der Waals surface area contributed by atoms with E-state index in [1.165, 1.54) is 18.0 Å². The third kappa shape index (κ3) is 5.81. The number of carbonyl (C=O) groups is 1. The summed E-state index contributed by atoms with van der Waals surface area (Å²) < 4.78 is 7.47. The first-order valence-electron chi connectivity index (χ1n) is 10.6. The number of hydrogen-bond donors (Lipinski definition) is 2. The Balaban J connectivity index is 1.50. The van der Waals surface area contributed by atoms with Crippen molar-refractivity contribution in [2.45, 2.75) is 12.1 Å². The molecular weight excluding hydrogens is 450 g/mol. The van der Waals surface area contributed by atoms with Crippen LogP contribution in [0.3, 0.4) is 0 Å². The molecule has 3 aromatic carbocycles. The van der Waals surface area contributed by atoms with Crippen LogP contribution in [-0.2, 0) is 4.79 Å². The minimum Gasteiger partial charge on any atom is -0.508 e. The lowest BCUT2D eigenvalue weighted by molar-refractivity contribution is -0.118. The molecule has 9 heteroatoms. The maximum atomic E-state index is 12.3. The molecule has 8 nitrogen and oxygen atoms in total. The van der Waals surface area contributed by atoms with Gasteiger partial charge in [-0.15, -0.1) is 10.2 Å². The van der Waals surface area contributed by atoms with E-state index in [2.05, 4.69) is 20.7 Å². The molecule has 0 bridgehead atoms. The fourth-order valence-electron chi connectivity index (χ4n) is 3.13. The summed E-state index contributed by atoms with van der Waals surface area (Å²) in [6.07, 6.45) is 1.51. The lowest BCUT2D eigenvalue weighted by Crippen LogP contribution is -2.20. The van der Waals surface area contributed by atoms with E-state index in [0.29, 0.717) is 17.6 Å². The molecule has 1 heterocycles. The van der Waals surface area contributed by atoms with Gasteiger partial charge in [-0.1, -0.05) is 42.1 Å². The molecule has 0 atom stereocenters. The van der Waals surface area contributed by atoms with Gasteiger partial charge in [0, 0.05) is 11.3 Å². The van der Waals surface area contributed by atoms with E-state index in [1.54, 1.807) is 24.3 Å². The number of ether oxygens (including phenoxy) is 1. The second-order valence-electron chi connectivity index (χ2n) is 7.11. The van der Waals surface area contributed by atoms with Crippen molar-refractivity contribution < 1.29 is 14.6 Å². The van der Waals surface area contributed by atoms with Crippen LogP contribution < -0.4 is 10.2 Å². The number of benzene rings is 3. The molecule has 4 aromatic rings. The summed E-state index contributed by atoms with van der Waals surface area (Å²) >= 11 is 1.27. The molecule has 0 saturated heterocycles. The molecule has 34 heavy (non-hydrogen) atoms. The van der Waals surface area contributed by atoms with Crippen LogP contribution in [0.4, 0.5) is 0 Å². The van der Waals surface area contributed by atoms with Gasteiger partial charge < -0.3 is 9.84 Å². The second-order valence-corrected chi connectivity index (χ2v) is 8.05. The predicted molar refractivity (Wildman–Crippen MR) is 133 cm³/mol. The summed E-state index contributed by atoms with van der Waals surface area (Å²) in [5, 5.41) is 22.6. The largest absolute Gasteiger partial charge is 0.508 e. The van der Waals surface area contributed by atoms with Gasteiger partial charge in [-0.25, -0.2) is 5.43 Å². The minimum atomic E-state index is -0.275. The lowest BCUT2D eigenvalue weighted by Gasteiger charge is -2.11. The van der Waals surface area contributed by atoms with Crippen LogP contribution in [0.25, 0.3) is 17.1 Å². The summed E-state index contributed by atoms with van der Waals surface area (Å²) in [6.45, 7) is 2.53. The summed E-state index contributed by atoms with van der Waals surface area (Å²) in [4.78, 5) is 12.3. The van der Waals surface area contributed by atoms with Crippen molar-refractivity contribution in [3.05, 3.63) is 84.4 Å². The minimum absolute atomic E-state index is 0.108. The standard InChI is InChI=1S/C25H23N5O3S/c1-2-33-22-14-10-20(11-15-22)30-24(19-6-4-3-5-7-19)28-29-25(30)34-17-23(32)27-26-16-18-8-12-21(31)13-9-18/h3-16,31H,2,17H2,1H3,(H,27,32)/b26-16+. The number of amides is 1. The van der Waals surface area contributed by atoms with Gasteiger partial charge in [-0.3, -0.25) is 9.36 Å². The van der Waals surface area contributed by atoms with Crippen LogP contribution in [-0.4, -0.2) is 44.4 Å². The Morgan fingerprint density at radius 1 is 1.06 bits per heavy atom. The number of aromatic hydroxyl groups is 1. The normalized spacial score (nSPS) is 11.0. The van der Waals surface area contributed by atoms with E-state index < -0.39 is 0 Å². The molecule has 0 aliphatic carbocycles. The predicted octanol–water partition coefficient (Wildman–Crippen LogP) is 4.28. The zero-order chi connectivity index (χ0) is 23.8. The number of carbonyl (C=O) groups excluding carboxylic acids is 1. The van der Waals surface area contributed by atoms with Gasteiger partial charge in [0.25, 0.3) is 5.91 Å². The highest BCUT2D eigenvalue weighted by Crippen LogP contribution is 2.28. The van der Waals surface area contributed by atoms with Crippen molar-refractivity contribution in [3.63, 3.8) is 0 Å². The topological polar surface area (TPSA) is 102 Å². The molecule has 0 fully saturated rings. The number of aromatic nitrogens is 3. The van der Waals surface area contributed by atoms with Gasteiger partial charge in [0.2, 0.25) is 0 Å². The Morgan fingerprint density at radius 3 is 2.50 bits per heavy atom. The Hall–Kier alpha value is -4.11. The smallest absolute Gasteiger partial charge is 0.250 e. The van der Waals surface area contributed by atoms with E-state index >= 15 is 0 Å². The number of thioether (sulfide) groups is 1. The van der Waals surface area contributed by atoms with E-state index in [4.69, 9.17) is 4.74 Å². The fourth-order valence-corrected chi connectivity index (χ4v) is 3.87. The zero-order valence-corrected chi connectivity index (χ0v) is 19.3. The highest BCUT2D eigenvalue weighted by Gasteiger charge is 2.17. The molecule has 172 valence electrons. The number of nitrogens with one attached hydrogen (secondary N) is 1. The Kier molecular flexibility index (Phi) is 7.56. The average molecular weight is 474 g/mol. The van der Waals surface area contributed by atoms with Crippen LogP contribution in [0.2, 0.25) is 0 Å². The monoisotopic (exact) mass is 473 g/mol. The number of rotatable bonds is 9. The first kappa shape index (κ1) is 23.1. The molecule has 2 N–H and O–H groups in total. The molecule has 0 unspecified atom stereocenters. The molecule has 1 aromatic heterocycles. The molecule has 0 radical (unpaired) electrons. The van der Waals surface area contributed by atoms with Gasteiger partial charge in [-0.05, 0) is 61.0 Å². The lowest BCUT2D eigenvalue weighted by atomic mass is 10.2. The summed E-state index contributed by atoms with van der Waals surface area (Å²) in [5.74, 6) is 1.46. The third-order valence-corrected chi connectivity index (χ3v) is 5.63. The number of phenols is 1. The molecule has 1 amide bonds.